The lowest BCUT2D eigenvalue weighted by Crippen LogP contribution is -2.44. The van der Waals surface area contributed by atoms with E-state index in [0.29, 0.717) is 5.92 Å². The molecule has 26 heavy (non-hydrogen) atoms. The highest BCUT2D eigenvalue weighted by molar-refractivity contribution is 5.81. The molecule has 1 aliphatic heterocycles. The molecule has 140 valence electrons. The van der Waals surface area contributed by atoms with Crippen molar-refractivity contribution < 1.29 is 4.79 Å². The minimum atomic E-state index is -0.304. The molecule has 0 aromatic carbocycles. The van der Waals surface area contributed by atoms with E-state index >= 15 is 0 Å². The lowest BCUT2D eigenvalue weighted by atomic mass is 9.88. The first-order chi connectivity index (χ1) is 12.3. The van der Waals surface area contributed by atoms with Crippen LogP contribution in [0.2, 0.25) is 0 Å². The minimum absolute atomic E-state index is 0.251. The summed E-state index contributed by atoms with van der Waals surface area (Å²) in [6.07, 6.45) is 6.43. The zero-order valence-corrected chi connectivity index (χ0v) is 16.5. The molecule has 6 heteroatoms. The Labute approximate surface area is 155 Å². The highest BCUT2D eigenvalue weighted by Crippen LogP contribution is 2.30. The van der Waals surface area contributed by atoms with Gasteiger partial charge in [-0.15, -0.1) is 0 Å². The molecule has 1 aliphatic rings. The van der Waals surface area contributed by atoms with Gasteiger partial charge in [-0.05, 0) is 39.0 Å². The molecule has 0 unspecified atom stereocenters. The van der Waals surface area contributed by atoms with Crippen molar-refractivity contribution in [3.8, 4) is 11.3 Å². The molecule has 1 fully saturated rings. The van der Waals surface area contributed by atoms with E-state index in [-0.39, 0.29) is 11.3 Å². The smallest absolute Gasteiger partial charge is 0.227 e. The molecule has 3 rings (SSSR count). The number of piperidine rings is 1. The summed E-state index contributed by atoms with van der Waals surface area (Å²) in [5.41, 5.74) is 4.70. The Hall–Kier alpha value is -2.24. The topological polar surface area (TPSA) is 74.8 Å². The van der Waals surface area contributed by atoms with Gasteiger partial charge in [0, 0.05) is 42.2 Å². The number of aromatic amines is 1. The predicted molar refractivity (Wildman–Crippen MR) is 102 cm³/mol. The van der Waals surface area contributed by atoms with E-state index in [2.05, 4.69) is 20.2 Å². The van der Waals surface area contributed by atoms with Crippen LogP contribution >= 0.6 is 0 Å². The van der Waals surface area contributed by atoms with Crippen LogP contribution in [0.1, 0.15) is 50.7 Å². The molecule has 0 radical (unpaired) electrons. The van der Waals surface area contributed by atoms with Crippen molar-refractivity contribution in [3.63, 3.8) is 0 Å². The van der Waals surface area contributed by atoms with E-state index in [0.717, 1.165) is 60.7 Å². The first kappa shape index (κ1) is 18.5. The number of amides is 1. The van der Waals surface area contributed by atoms with Gasteiger partial charge in [0.25, 0.3) is 0 Å². The van der Waals surface area contributed by atoms with E-state index in [1.807, 2.05) is 39.5 Å². The van der Waals surface area contributed by atoms with Gasteiger partial charge in [-0.2, -0.15) is 5.10 Å². The number of likely N-dealkylation sites (tertiary alicyclic amines) is 1. The van der Waals surface area contributed by atoms with Crippen LogP contribution in [0.15, 0.2) is 12.4 Å². The lowest BCUT2D eigenvalue weighted by Gasteiger charge is -2.35. The number of aryl methyl sites for hydroxylation is 2. The number of carbonyl (C=O) groups is 1. The molecule has 6 nitrogen and oxygen atoms in total. The second kappa shape index (κ2) is 7.17. The highest BCUT2D eigenvalue weighted by atomic mass is 16.2. The maximum absolute atomic E-state index is 12.5. The third-order valence-corrected chi connectivity index (χ3v) is 5.16. The van der Waals surface area contributed by atoms with Crippen LogP contribution in [0.25, 0.3) is 11.3 Å². The van der Waals surface area contributed by atoms with Crippen LogP contribution in [0.3, 0.4) is 0 Å². The first-order valence-electron chi connectivity index (χ1n) is 9.38. The Morgan fingerprint density at radius 2 is 1.85 bits per heavy atom. The predicted octanol–water partition coefficient (Wildman–Crippen LogP) is 3.31. The van der Waals surface area contributed by atoms with Crippen LogP contribution in [0.5, 0.6) is 0 Å². The largest absolute Gasteiger partial charge is 0.342 e. The summed E-state index contributed by atoms with van der Waals surface area (Å²) in [6.45, 7) is 11.6. The zero-order valence-electron chi connectivity index (χ0n) is 16.5. The van der Waals surface area contributed by atoms with Crippen LogP contribution in [-0.2, 0) is 11.2 Å². The maximum Gasteiger partial charge on any atom is 0.227 e. The van der Waals surface area contributed by atoms with E-state index in [9.17, 15) is 4.79 Å². The number of H-pyrrole nitrogens is 1. The lowest BCUT2D eigenvalue weighted by molar-refractivity contribution is -0.140. The Morgan fingerprint density at radius 3 is 2.42 bits per heavy atom. The van der Waals surface area contributed by atoms with Gasteiger partial charge in [-0.1, -0.05) is 20.8 Å². The second-order valence-corrected chi connectivity index (χ2v) is 8.35. The quantitative estimate of drug-likeness (QED) is 0.916. The van der Waals surface area contributed by atoms with Crippen LogP contribution in [0, 0.1) is 25.2 Å². The standard InChI is InChI=1S/C20H29N5O/c1-13-17(14(2)24-23-13)18-16(21-8-9-22-18)12-15-6-10-25(11-7-15)19(26)20(3,4)5/h8-9,15H,6-7,10-12H2,1-5H3,(H,23,24). The Bertz CT molecular complexity index is 762. The van der Waals surface area contributed by atoms with Crippen LogP contribution < -0.4 is 0 Å². The normalized spacial score (nSPS) is 16.1. The van der Waals surface area contributed by atoms with Crippen molar-refractivity contribution in [2.75, 3.05) is 13.1 Å². The van der Waals surface area contributed by atoms with E-state index in [4.69, 9.17) is 0 Å². The van der Waals surface area contributed by atoms with Crippen molar-refractivity contribution in [3.05, 3.63) is 29.5 Å². The van der Waals surface area contributed by atoms with Crippen molar-refractivity contribution in [1.82, 2.24) is 25.1 Å². The molecule has 0 aliphatic carbocycles. The average Bonchev–Trinajstić information content (AvgIpc) is 2.93. The SMILES string of the molecule is Cc1n[nH]c(C)c1-c1nccnc1CC1CCN(C(=O)C(C)(C)C)CC1. The molecule has 0 bridgehead atoms. The molecule has 2 aromatic heterocycles. The van der Waals surface area contributed by atoms with Crippen molar-refractivity contribution in [2.24, 2.45) is 11.3 Å². The fourth-order valence-corrected chi connectivity index (χ4v) is 3.71. The number of nitrogens with zero attached hydrogens (tertiary/aromatic N) is 4. The van der Waals surface area contributed by atoms with Gasteiger partial charge < -0.3 is 4.90 Å². The van der Waals surface area contributed by atoms with Crippen LogP contribution in [-0.4, -0.2) is 44.1 Å². The van der Waals surface area contributed by atoms with Gasteiger partial charge in [0.2, 0.25) is 5.91 Å². The van der Waals surface area contributed by atoms with Crippen molar-refractivity contribution >= 4 is 5.91 Å². The number of aromatic nitrogens is 4. The summed E-state index contributed by atoms with van der Waals surface area (Å²) >= 11 is 0. The van der Waals surface area contributed by atoms with Crippen LogP contribution in [0.4, 0.5) is 0 Å². The fraction of sp³-hybridized carbons (Fsp3) is 0.600. The number of hydrogen-bond donors (Lipinski definition) is 1. The molecule has 1 saturated heterocycles. The summed E-state index contributed by atoms with van der Waals surface area (Å²) in [7, 11) is 0. The minimum Gasteiger partial charge on any atom is -0.342 e. The summed E-state index contributed by atoms with van der Waals surface area (Å²) < 4.78 is 0. The van der Waals surface area contributed by atoms with Gasteiger partial charge in [-0.3, -0.25) is 19.9 Å². The Kier molecular flexibility index (Phi) is 5.12. The van der Waals surface area contributed by atoms with E-state index in [1.54, 1.807) is 12.4 Å². The Balaban J connectivity index is 1.71. The number of rotatable bonds is 3. The van der Waals surface area contributed by atoms with Crippen molar-refractivity contribution in [1.29, 1.82) is 0 Å². The third kappa shape index (κ3) is 3.79. The molecule has 2 aromatic rings. The molecule has 1 amide bonds. The fourth-order valence-electron chi connectivity index (χ4n) is 3.71. The summed E-state index contributed by atoms with van der Waals surface area (Å²) in [4.78, 5) is 23.7. The monoisotopic (exact) mass is 355 g/mol. The zero-order chi connectivity index (χ0) is 18.9. The summed E-state index contributed by atoms with van der Waals surface area (Å²) in [5.74, 6) is 0.780. The number of carbonyl (C=O) groups excluding carboxylic acids is 1. The average molecular weight is 355 g/mol. The molecule has 1 N–H and O–H groups in total. The third-order valence-electron chi connectivity index (χ3n) is 5.16. The molecule has 0 atom stereocenters. The number of hydrogen-bond acceptors (Lipinski definition) is 4. The maximum atomic E-state index is 12.5. The van der Waals surface area contributed by atoms with Gasteiger partial charge in [-0.25, -0.2) is 0 Å². The molecule has 0 saturated carbocycles. The molecular formula is C20H29N5O. The van der Waals surface area contributed by atoms with E-state index < -0.39 is 0 Å². The van der Waals surface area contributed by atoms with Gasteiger partial charge in [0.05, 0.1) is 17.1 Å². The second-order valence-electron chi connectivity index (χ2n) is 8.35. The number of nitrogens with one attached hydrogen (secondary N) is 1. The Morgan fingerprint density at radius 1 is 1.19 bits per heavy atom. The first-order valence-corrected chi connectivity index (χ1v) is 9.38. The van der Waals surface area contributed by atoms with Crippen molar-refractivity contribution in [2.45, 2.75) is 53.9 Å². The van der Waals surface area contributed by atoms with Gasteiger partial charge in [0.15, 0.2) is 0 Å². The van der Waals surface area contributed by atoms with Gasteiger partial charge in [0.1, 0.15) is 0 Å². The summed E-state index contributed by atoms with van der Waals surface area (Å²) in [5, 5.41) is 7.33. The molecule has 3 heterocycles. The summed E-state index contributed by atoms with van der Waals surface area (Å²) in [6, 6.07) is 0. The molecular weight excluding hydrogens is 326 g/mol. The highest BCUT2D eigenvalue weighted by Gasteiger charge is 2.31. The van der Waals surface area contributed by atoms with E-state index in [1.165, 1.54) is 0 Å². The van der Waals surface area contributed by atoms with Gasteiger partial charge >= 0.3 is 0 Å². The molecule has 0 spiro atoms.